The molecule has 27 heavy (non-hydrogen) atoms. The Hall–Kier alpha value is -3.22. The normalized spacial score (nSPS) is 16.0. The van der Waals surface area contributed by atoms with Crippen LogP contribution in [-0.4, -0.2) is 38.7 Å². The smallest absolute Gasteiger partial charge is 0.251 e. The van der Waals surface area contributed by atoms with Crippen molar-refractivity contribution in [3.8, 4) is 11.5 Å². The fourth-order valence-electron chi connectivity index (χ4n) is 2.93. The molecule has 3 rings (SSSR count). The number of aliphatic imine (C=N–C) groups is 1. The largest absolute Gasteiger partial charge is 0.497 e. The molecule has 0 saturated carbocycles. The minimum absolute atomic E-state index is 0.0741. The van der Waals surface area contributed by atoms with Crippen LogP contribution in [0.4, 0.5) is 0 Å². The van der Waals surface area contributed by atoms with E-state index >= 15 is 0 Å². The molecule has 0 radical (unpaired) electrons. The molecule has 7 heteroatoms. The predicted molar refractivity (Wildman–Crippen MR) is 104 cm³/mol. The molecule has 1 atom stereocenters. The number of guanidine groups is 1. The standard InChI is InChI=1S/C20H24N4O3/c1-26-15-6-4-5-14(13-15)19(25)22-10-11-23-20(21)24-17-9-12-27-18-8-3-2-7-16(17)18/h2-8,13,17H,9-12H2,1H3,(H,22,25)(H3,21,23,24). The molecule has 1 heterocycles. The molecular formula is C20H24N4O3. The third-order valence-corrected chi connectivity index (χ3v) is 4.29. The summed E-state index contributed by atoms with van der Waals surface area (Å²) in [5.41, 5.74) is 7.62. The van der Waals surface area contributed by atoms with Crippen molar-refractivity contribution >= 4 is 11.9 Å². The van der Waals surface area contributed by atoms with Gasteiger partial charge in [0.1, 0.15) is 11.5 Å². The summed E-state index contributed by atoms with van der Waals surface area (Å²) in [6.45, 7) is 1.42. The Morgan fingerprint density at radius 2 is 2.15 bits per heavy atom. The van der Waals surface area contributed by atoms with E-state index in [9.17, 15) is 4.79 Å². The molecular weight excluding hydrogens is 344 g/mol. The molecule has 0 saturated heterocycles. The van der Waals surface area contributed by atoms with Gasteiger partial charge < -0.3 is 25.8 Å². The Morgan fingerprint density at radius 3 is 3.00 bits per heavy atom. The van der Waals surface area contributed by atoms with Crippen LogP contribution in [0.3, 0.4) is 0 Å². The molecule has 1 aliphatic rings. The van der Waals surface area contributed by atoms with Crippen LogP contribution in [0.15, 0.2) is 53.5 Å². The highest BCUT2D eigenvalue weighted by molar-refractivity contribution is 5.94. The first kappa shape index (κ1) is 18.6. The van der Waals surface area contributed by atoms with Gasteiger partial charge in [-0.15, -0.1) is 0 Å². The number of fused-ring (bicyclic) bond motifs is 1. The van der Waals surface area contributed by atoms with Crippen molar-refractivity contribution in [1.29, 1.82) is 0 Å². The summed E-state index contributed by atoms with van der Waals surface area (Å²) in [4.78, 5) is 16.4. The molecule has 2 aromatic rings. The first-order chi connectivity index (χ1) is 13.2. The number of nitrogens with one attached hydrogen (secondary N) is 2. The van der Waals surface area contributed by atoms with Gasteiger partial charge in [-0.2, -0.15) is 0 Å². The van der Waals surface area contributed by atoms with E-state index in [1.54, 1.807) is 31.4 Å². The number of benzene rings is 2. The van der Waals surface area contributed by atoms with Crippen molar-refractivity contribution < 1.29 is 14.3 Å². The second-order valence-corrected chi connectivity index (χ2v) is 6.13. The average molecular weight is 368 g/mol. The van der Waals surface area contributed by atoms with Crippen LogP contribution in [0.2, 0.25) is 0 Å². The van der Waals surface area contributed by atoms with Gasteiger partial charge in [0.05, 0.1) is 26.3 Å². The molecule has 142 valence electrons. The molecule has 0 aromatic heterocycles. The molecule has 4 N–H and O–H groups in total. The summed E-state index contributed by atoms with van der Waals surface area (Å²) in [6, 6.07) is 15.0. The number of nitrogens with two attached hydrogens (primary N) is 1. The SMILES string of the molecule is COc1cccc(C(=O)NCCN=C(N)NC2CCOc3ccccc32)c1. The highest BCUT2D eigenvalue weighted by Crippen LogP contribution is 2.31. The molecule has 1 unspecified atom stereocenters. The zero-order valence-corrected chi connectivity index (χ0v) is 15.3. The van der Waals surface area contributed by atoms with E-state index in [1.807, 2.05) is 24.3 Å². The number of hydrogen-bond acceptors (Lipinski definition) is 4. The minimum Gasteiger partial charge on any atom is -0.497 e. The number of rotatable bonds is 6. The van der Waals surface area contributed by atoms with Crippen LogP contribution in [0, 0.1) is 0 Å². The summed E-state index contributed by atoms with van der Waals surface area (Å²) >= 11 is 0. The van der Waals surface area contributed by atoms with Gasteiger partial charge in [0, 0.05) is 24.1 Å². The molecule has 1 amide bonds. The highest BCUT2D eigenvalue weighted by Gasteiger charge is 2.21. The average Bonchev–Trinajstić information content (AvgIpc) is 2.71. The molecule has 7 nitrogen and oxygen atoms in total. The van der Waals surface area contributed by atoms with Crippen LogP contribution < -0.4 is 25.8 Å². The van der Waals surface area contributed by atoms with E-state index < -0.39 is 0 Å². The van der Waals surface area contributed by atoms with Gasteiger partial charge in [-0.05, 0) is 24.3 Å². The molecule has 1 aliphatic heterocycles. The number of carbonyl (C=O) groups excluding carboxylic acids is 1. The summed E-state index contributed by atoms with van der Waals surface area (Å²) in [7, 11) is 1.57. The van der Waals surface area contributed by atoms with E-state index in [0.717, 1.165) is 17.7 Å². The van der Waals surface area contributed by atoms with Gasteiger partial charge >= 0.3 is 0 Å². The molecule has 0 bridgehead atoms. The van der Waals surface area contributed by atoms with Gasteiger partial charge in [-0.25, -0.2) is 0 Å². The minimum atomic E-state index is -0.172. The zero-order valence-electron chi connectivity index (χ0n) is 15.3. The highest BCUT2D eigenvalue weighted by atomic mass is 16.5. The maximum atomic E-state index is 12.1. The third-order valence-electron chi connectivity index (χ3n) is 4.29. The van der Waals surface area contributed by atoms with E-state index in [1.165, 1.54) is 0 Å². The number of hydrogen-bond donors (Lipinski definition) is 3. The molecule has 0 aliphatic carbocycles. The number of carbonyl (C=O) groups is 1. The van der Waals surface area contributed by atoms with Gasteiger partial charge in [0.25, 0.3) is 5.91 Å². The van der Waals surface area contributed by atoms with Gasteiger partial charge in [-0.3, -0.25) is 9.79 Å². The lowest BCUT2D eigenvalue weighted by Crippen LogP contribution is -2.38. The van der Waals surface area contributed by atoms with Crippen molar-refractivity contribution in [2.45, 2.75) is 12.5 Å². The molecule has 0 fully saturated rings. The Balaban J connectivity index is 1.48. The van der Waals surface area contributed by atoms with Crippen molar-refractivity contribution in [2.75, 3.05) is 26.8 Å². The zero-order chi connectivity index (χ0) is 19.1. The monoisotopic (exact) mass is 368 g/mol. The van der Waals surface area contributed by atoms with Crippen LogP contribution in [0.5, 0.6) is 11.5 Å². The fourth-order valence-corrected chi connectivity index (χ4v) is 2.93. The van der Waals surface area contributed by atoms with Crippen molar-refractivity contribution in [3.63, 3.8) is 0 Å². The maximum absolute atomic E-state index is 12.1. The quantitative estimate of drug-likeness (QED) is 0.411. The van der Waals surface area contributed by atoms with E-state index in [2.05, 4.69) is 15.6 Å². The number of para-hydroxylation sites is 1. The lowest BCUT2D eigenvalue weighted by molar-refractivity contribution is 0.0954. The van der Waals surface area contributed by atoms with Gasteiger partial charge in [-0.1, -0.05) is 24.3 Å². The van der Waals surface area contributed by atoms with Crippen LogP contribution in [0.1, 0.15) is 28.4 Å². The number of amides is 1. The van der Waals surface area contributed by atoms with Gasteiger partial charge in [0.15, 0.2) is 5.96 Å². The number of nitrogens with zero attached hydrogens (tertiary/aromatic N) is 1. The first-order valence-electron chi connectivity index (χ1n) is 8.88. The van der Waals surface area contributed by atoms with E-state index in [0.29, 0.717) is 37.0 Å². The maximum Gasteiger partial charge on any atom is 0.251 e. The predicted octanol–water partition coefficient (Wildman–Crippen LogP) is 1.85. The van der Waals surface area contributed by atoms with Crippen molar-refractivity contribution in [2.24, 2.45) is 10.7 Å². The lowest BCUT2D eigenvalue weighted by atomic mass is 10.0. The summed E-state index contributed by atoms with van der Waals surface area (Å²) < 4.78 is 10.8. The van der Waals surface area contributed by atoms with Crippen LogP contribution in [-0.2, 0) is 0 Å². The van der Waals surface area contributed by atoms with E-state index in [4.69, 9.17) is 15.2 Å². The summed E-state index contributed by atoms with van der Waals surface area (Å²) in [5.74, 6) is 1.70. The number of ether oxygens (including phenoxy) is 2. The summed E-state index contributed by atoms with van der Waals surface area (Å²) in [6.07, 6.45) is 0.819. The van der Waals surface area contributed by atoms with Crippen LogP contribution in [0.25, 0.3) is 0 Å². The van der Waals surface area contributed by atoms with Crippen molar-refractivity contribution in [3.05, 3.63) is 59.7 Å². The molecule has 0 spiro atoms. The molecule has 2 aromatic carbocycles. The Bertz CT molecular complexity index is 822. The van der Waals surface area contributed by atoms with E-state index in [-0.39, 0.29) is 11.9 Å². The second-order valence-electron chi connectivity index (χ2n) is 6.13. The fraction of sp³-hybridized carbons (Fsp3) is 0.300. The van der Waals surface area contributed by atoms with Gasteiger partial charge in [0.2, 0.25) is 0 Å². The second kappa shape index (κ2) is 8.93. The van der Waals surface area contributed by atoms with Crippen LogP contribution >= 0.6 is 0 Å². The topological polar surface area (TPSA) is 98.0 Å². The Morgan fingerprint density at radius 1 is 1.30 bits per heavy atom. The first-order valence-corrected chi connectivity index (χ1v) is 8.88. The van der Waals surface area contributed by atoms with Crippen molar-refractivity contribution in [1.82, 2.24) is 10.6 Å². The Kier molecular flexibility index (Phi) is 6.14. The summed E-state index contributed by atoms with van der Waals surface area (Å²) in [5, 5.41) is 6.05. The Labute approximate surface area is 158 Å². The lowest BCUT2D eigenvalue weighted by Gasteiger charge is -2.26. The third kappa shape index (κ3) is 4.91. The number of methoxy groups -OCH3 is 1.